The largest absolute Gasteiger partial charge is 0.310 e. The normalized spacial score (nSPS) is 13.4. The molecule has 0 saturated carbocycles. The quantitative estimate of drug-likeness (QED) is 0.0998. The molecule has 602 valence electrons. The van der Waals surface area contributed by atoms with Gasteiger partial charge in [0, 0.05) is 45.0 Å². The van der Waals surface area contributed by atoms with Gasteiger partial charge in [-0.2, -0.15) is 0 Å². The highest BCUT2D eigenvalue weighted by atomic mass is 15.2. The van der Waals surface area contributed by atoms with Crippen LogP contribution in [0.1, 0.15) is 237 Å². The predicted octanol–water partition coefficient (Wildman–Crippen LogP) is 31.3. The number of fused-ring (bicyclic) bond motifs is 4. The summed E-state index contributed by atoms with van der Waals surface area (Å²) in [4.78, 5) is 9.54. The van der Waals surface area contributed by atoms with Gasteiger partial charge in [0.25, 0.3) is 6.71 Å². The molecule has 2 heterocycles. The monoisotopic (exact) mass is 1560 g/mol. The van der Waals surface area contributed by atoms with Crippen LogP contribution in [0.4, 0.5) is 39.8 Å². The van der Waals surface area contributed by atoms with Crippen molar-refractivity contribution >= 4 is 62.9 Å². The summed E-state index contributed by atoms with van der Waals surface area (Å²) in [5.41, 5.74) is 38.9. The van der Waals surface area contributed by atoms with E-state index >= 15 is 0 Å². The van der Waals surface area contributed by atoms with Gasteiger partial charge in [-0.1, -0.05) is 399 Å². The van der Waals surface area contributed by atoms with Crippen LogP contribution in [-0.4, -0.2) is 6.71 Å². The highest BCUT2D eigenvalue weighted by Gasteiger charge is 2.47. The standard InChI is InChI=1S/C115H124BN3/c1-107(2,3)84-52-80(53-85(66-84)108(4,5)6)94-60-78(74-42-36-31-37-43-74)61-95(81-54-86(109(7,8)9)67-87(55-81)110(10,11)12)105(94)118-100-50-46-76(72-38-32-29-33-39-72)64-98(100)116-99-65-77(73-40-34-30-35-41-73)47-51-101(99)119(103-71-92(115(25,26)27)70-102(118)104(103)116)106-96(82-56-88(111(13,14)15)68-89(57-82)112(16,17)18)62-79(75-44-48-93(117-28)49-45-75)63-97(106)83-58-90(113(19,20)21)69-91(59-83)114(22,23)24/h29-71H,1-27H3. The van der Waals surface area contributed by atoms with Crippen LogP contribution < -0.4 is 26.2 Å². The van der Waals surface area contributed by atoms with Gasteiger partial charge in [-0.15, -0.1) is 0 Å². The van der Waals surface area contributed by atoms with Gasteiger partial charge in [-0.25, -0.2) is 4.85 Å². The number of hydrogen-bond donors (Lipinski definition) is 0. The van der Waals surface area contributed by atoms with Crippen molar-refractivity contribution < 1.29 is 0 Å². The first-order valence-electron chi connectivity index (χ1n) is 43.3. The van der Waals surface area contributed by atoms with Gasteiger partial charge in [0.1, 0.15) is 0 Å². The number of anilines is 6. The third-order valence-electron chi connectivity index (χ3n) is 25.2. The average molecular weight is 1560 g/mol. The first kappa shape index (κ1) is 83.1. The third-order valence-corrected chi connectivity index (χ3v) is 25.2. The lowest BCUT2D eigenvalue weighted by Gasteiger charge is -2.47. The van der Waals surface area contributed by atoms with Crippen LogP contribution >= 0.6 is 0 Å². The van der Waals surface area contributed by atoms with Crippen LogP contribution in [0.15, 0.2) is 261 Å². The highest BCUT2D eigenvalue weighted by molar-refractivity contribution is 7.00. The van der Waals surface area contributed by atoms with Gasteiger partial charge in [0.2, 0.25) is 0 Å². The zero-order chi connectivity index (χ0) is 85.6. The molecule has 0 atom stereocenters. The topological polar surface area (TPSA) is 10.8 Å². The molecule has 0 aromatic heterocycles. The van der Waals surface area contributed by atoms with Crippen molar-refractivity contribution in [2.24, 2.45) is 0 Å². The van der Waals surface area contributed by atoms with E-state index in [1.54, 1.807) is 0 Å². The van der Waals surface area contributed by atoms with E-state index in [0.29, 0.717) is 5.69 Å². The minimum absolute atomic E-state index is 0.198. The lowest BCUT2D eigenvalue weighted by atomic mass is 9.33. The SMILES string of the molecule is [C-]#[N+]c1ccc(-c2cc(-c3cc(C(C)(C)C)cc(C(C)(C)C)c3)c(N3c4ccc(-c5ccccc5)cc4B4c5cc(-c6ccccc6)ccc5N(c5c(-c6cc(C(C)(C)C)cc(C(C)(C)C)c6)cc(-c6ccccc6)cc5-c5cc(C(C)(C)C)cc(C(C)(C)C)c5)c5cc(C(C)(C)C)cc3c54)c(-c3cc(C(C)(C)C)cc(C(C)(C)C)c3)c2)cc1. The van der Waals surface area contributed by atoms with Gasteiger partial charge in [-0.05, 0) is 230 Å². The van der Waals surface area contributed by atoms with Gasteiger partial charge in [-0.3, -0.25) is 0 Å². The van der Waals surface area contributed by atoms with Crippen LogP contribution in [0.5, 0.6) is 0 Å². The van der Waals surface area contributed by atoms with Crippen LogP contribution in [0.3, 0.4) is 0 Å². The van der Waals surface area contributed by atoms with E-state index in [1.807, 2.05) is 12.1 Å². The Morgan fingerprint density at radius 2 is 0.437 bits per heavy atom. The molecule has 119 heavy (non-hydrogen) atoms. The van der Waals surface area contributed by atoms with Crippen molar-refractivity contribution in [3.8, 4) is 89.0 Å². The van der Waals surface area contributed by atoms with Crippen LogP contribution in [0.25, 0.3) is 93.9 Å². The van der Waals surface area contributed by atoms with Crippen molar-refractivity contribution in [3.63, 3.8) is 0 Å². The fourth-order valence-electron chi connectivity index (χ4n) is 17.5. The van der Waals surface area contributed by atoms with Crippen molar-refractivity contribution in [1.82, 2.24) is 0 Å². The Hall–Kier alpha value is -11.0. The lowest BCUT2D eigenvalue weighted by molar-refractivity contribution is 0.568. The molecule has 0 N–H and O–H groups in total. The van der Waals surface area contributed by atoms with Gasteiger partial charge < -0.3 is 9.80 Å². The van der Waals surface area contributed by atoms with Crippen molar-refractivity contribution in [1.29, 1.82) is 0 Å². The van der Waals surface area contributed by atoms with Gasteiger partial charge in [0.05, 0.1) is 17.9 Å². The molecule has 0 unspecified atom stereocenters. The maximum absolute atomic E-state index is 8.24. The Morgan fingerprint density at radius 3 is 0.681 bits per heavy atom. The second-order valence-corrected chi connectivity index (χ2v) is 43.6. The maximum atomic E-state index is 8.24. The molecule has 0 fully saturated rings. The minimum atomic E-state index is -0.389. The zero-order valence-electron chi connectivity index (χ0n) is 76.2. The second-order valence-electron chi connectivity index (χ2n) is 43.6. The Balaban J connectivity index is 1.22. The number of nitrogens with zero attached hydrogens (tertiary/aromatic N) is 3. The van der Waals surface area contributed by atoms with Crippen molar-refractivity contribution in [2.45, 2.75) is 236 Å². The van der Waals surface area contributed by atoms with E-state index < -0.39 is 0 Å². The van der Waals surface area contributed by atoms with Crippen LogP contribution in [0.2, 0.25) is 0 Å². The molecule has 15 rings (SSSR count). The van der Waals surface area contributed by atoms with Crippen molar-refractivity contribution in [3.05, 3.63) is 322 Å². The second kappa shape index (κ2) is 29.8. The molecular formula is C115H124BN3. The van der Waals surface area contributed by atoms with E-state index in [0.717, 1.165) is 106 Å². The fraction of sp³-hybridized carbons (Fsp3) is 0.313. The summed E-state index contributed by atoms with van der Waals surface area (Å²) >= 11 is 0. The van der Waals surface area contributed by atoms with Gasteiger partial charge >= 0.3 is 0 Å². The predicted molar refractivity (Wildman–Crippen MR) is 519 cm³/mol. The van der Waals surface area contributed by atoms with E-state index in [4.69, 9.17) is 6.57 Å². The van der Waals surface area contributed by atoms with Gasteiger partial charge in [0.15, 0.2) is 5.69 Å². The number of rotatable bonds is 10. The Kier molecular flexibility index (Phi) is 20.8. The van der Waals surface area contributed by atoms with E-state index in [1.165, 1.54) is 83.1 Å². The Bertz CT molecular complexity index is 5740. The molecule has 2 aliphatic heterocycles. The summed E-state index contributed by atoms with van der Waals surface area (Å²) in [7, 11) is 0. The molecule has 0 aliphatic carbocycles. The summed E-state index contributed by atoms with van der Waals surface area (Å²) in [6.07, 6.45) is 0. The molecule has 13 aromatic carbocycles. The lowest BCUT2D eigenvalue weighted by Crippen LogP contribution is -2.61. The van der Waals surface area contributed by atoms with Crippen molar-refractivity contribution in [2.75, 3.05) is 9.80 Å². The molecule has 0 saturated heterocycles. The molecule has 2 aliphatic rings. The first-order valence-corrected chi connectivity index (χ1v) is 43.3. The minimum Gasteiger partial charge on any atom is -0.310 e. The molecule has 0 amide bonds. The molecule has 3 nitrogen and oxygen atoms in total. The zero-order valence-corrected chi connectivity index (χ0v) is 76.2. The highest BCUT2D eigenvalue weighted by Crippen LogP contribution is 2.58. The molecule has 4 heteroatoms. The maximum Gasteiger partial charge on any atom is 0.252 e. The summed E-state index contributed by atoms with van der Waals surface area (Å²) in [5.74, 6) is 0. The summed E-state index contributed by atoms with van der Waals surface area (Å²) in [6.45, 7) is 72.2. The average Bonchev–Trinajstić information content (AvgIpc) is 0.683. The van der Waals surface area contributed by atoms with Crippen LogP contribution in [0, 0.1) is 6.57 Å². The summed E-state index contributed by atoms with van der Waals surface area (Å²) in [5, 5.41) is 0. The molecule has 0 spiro atoms. The Labute approximate surface area is 715 Å². The molecule has 0 bridgehead atoms. The third kappa shape index (κ3) is 16.3. The first-order chi connectivity index (χ1) is 55.6. The fourth-order valence-corrected chi connectivity index (χ4v) is 17.5. The van der Waals surface area contributed by atoms with Crippen LogP contribution in [-0.2, 0) is 48.7 Å². The number of hydrogen-bond acceptors (Lipinski definition) is 2. The summed E-state index contributed by atoms with van der Waals surface area (Å²) in [6, 6.07) is 102. The summed E-state index contributed by atoms with van der Waals surface area (Å²) < 4.78 is 0. The molecular weight excluding hydrogens is 1430 g/mol. The van der Waals surface area contributed by atoms with E-state index in [-0.39, 0.29) is 55.4 Å². The van der Waals surface area contributed by atoms with E-state index in [2.05, 4.69) is 450 Å². The number of benzene rings is 13. The molecule has 0 radical (unpaired) electrons. The Morgan fingerprint density at radius 1 is 0.210 bits per heavy atom. The smallest absolute Gasteiger partial charge is 0.252 e. The molecule has 13 aromatic rings. The van der Waals surface area contributed by atoms with E-state index in [9.17, 15) is 0 Å².